The van der Waals surface area contributed by atoms with E-state index in [1.54, 1.807) is 0 Å². The van der Waals surface area contributed by atoms with Crippen LogP contribution in [0.3, 0.4) is 0 Å². The van der Waals surface area contributed by atoms with E-state index < -0.39 is 17.6 Å². The first-order valence-corrected chi connectivity index (χ1v) is 12.3. The Hall–Kier alpha value is -3.77. The number of carbonyl (C=O) groups is 1. The van der Waals surface area contributed by atoms with Crippen molar-refractivity contribution in [3.8, 4) is 17.4 Å². The summed E-state index contributed by atoms with van der Waals surface area (Å²) in [6, 6.07) is 7.96. The number of amides is 1. The second-order valence-electron chi connectivity index (χ2n) is 8.90. The normalized spacial score (nSPS) is 17.2. The molecule has 2 aliphatic heterocycles. The van der Waals surface area contributed by atoms with E-state index in [0.29, 0.717) is 50.0 Å². The number of hydrogen-bond acceptors (Lipinski definition) is 8. The molecule has 1 amide bonds. The molecule has 2 aliphatic rings. The third-order valence-electron chi connectivity index (χ3n) is 6.05. The highest BCUT2D eigenvalue weighted by atomic mass is 35.5. The average molecular weight is 549 g/mol. The Morgan fingerprint density at radius 2 is 2.05 bits per heavy atom. The Labute approximate surface area is 221 Å². The van der Waals surface area contributed by atoms with Crippen molar-refractivity contribution < 1.29 is 27.4 Å². The van der Waals surface area contributed by atoms with Gasteiger partial charge in [-0.3, -0.25) is 4.79 Å². The molecule has 1 fully saturated rings. The van der Waals surface area contributed by atoms with Gasteiger partial charge in [-0.25, -0.2) is 4.98 Å². The average Bonchev–Trinajstić information content (AvgIpc) is 2.89. The molecule has 3 aromatic rings. The Balaban J connectivity index is 1.40. The number of alkyl halides is 3. The van der Waals surface area contributed by atoms with E-state index >= 15 is 0 Å². The molecule has 0 radical (unpaired) electrons. The highest BCUT2D eigenvalue weighted by Crippen LogP contribution is 2.39. The minimum Gasteiger partial charge on any atom is -0.483 e. The van der Waals surface area contributed by atoms with Gasteiger partial charge in [0.2, 0.25) is 5.75 Å². The summed E-state index contributed by atoms with van der Waals surface area (Å²) < 4.78 is 52.5. The predicted molar refractivity (Wildman–Crippen MR) is 137 cm³/mol. The number of ether oxygens (including phenoxy) is 2. The summed E-state index contributed by atoms with van der Waals surface area (Å²) in [6.45, 7) is 4.65. The van der Waals surface area contributed by atoms with Gasteiger partial charge in [0.25, 0.3) is 11.8 Å². The van der Waals surface area contributed by atoms with Crippen LogP contribution in [0.15, 0.2) is 42.7 Å². The standard InChI is InChI=1S/C25H24ClF3N6O3/c1-14-12-35(6-4-30-14)18-10-16(25(27,28)29)9-17(11-18)34-23(36)15-2-3-19(26)20(8-15)38-24-21-22(32-13-33-24)31-5-7-37-21/h2-3,8-11,13-14,30H,4-7,12H2,1H3,(H,34,36)(H,31,32,33)/t14-/m0/s1. The molecule has 0 aliphatic carbocycles. The zero-order valence-electron chi connectivity index (χ0n) is 20.2. The molecule has 3 N–H and O–H groups in total. The molecule has 3 heterocycles. The van der Waals surface area contributed by atoms with Crippen LogP contribution in [0.25, 0.3) is 0 Å². The maximum Gasteiger partial charge on any atom is 0.416 e. The molecular weight excluding hydrogens is 525 g/mol. The minimum atomic E-state index is -4.58. The van der Waals surface area contributed by atoms with Crippen LogP contribution in [0.1, 0.15) is 22.8 Å². The van der Waals surface area contributed by atoms with E-state index in [1.165, 1.54) is 30.6 Å². The van der Waals surface area contributed by atoms with E-state index in [2.05, 4.69) is 25.9 Å². The van der Waals surface area contributed by atoms with Crippen molar-refractivity contribution in [1.82, 2.24) is 15.3 Å². The van der Waals surface area contributed by atoms with Crippen LogP contribution in [-0.2, 0) is 6.18 Å². The van der Waals surface area contributed by atoms with Crippen molar-refractivity contribution in [2.45, 2.75) is 19.1 Å². The first kappa shape index (κ1) is 25.9. The molecule has 13 heteroatoms. The van der Waals surface area contributed by atoms with Crippen LogP contribution < -0.4 is 30.3 Å². The molecular formula is C25H24ClF3N6O3. The number of aromatic nitrogens is 2. The van der Waals surface area contributed by atoms with Crippen molar-refractivity contribution in [3.63, 3.8) is 0 Å². The smallest absolute Gasteiger partial charge is 0.416 e. The number of halogens is 4. The molecule has 0 spiro atoms. The van der Waals surface area contributed by atoms with Gasteiger partial charge in [-0.1, -0.05) is 11.6 Å². The van der Waals surface area contributed by atoms with Crippen LogP contribution in [0.2, 0.25) is 5.02 Å². The fourth-order valence-electron chi connectivity index (χ4n) is 4.24. The maximum atomic E-state index is 13.7. The molecule has 0 saturated carbocycles. The van der Waals surface area contributed by atoms with Gasteiger partial charge >= 0.3 is 6.18 Å². The second-order valence-corrected chi connectivity index (χ2v) is 9.31. The fourth-order valence-corrected chi connectivity index (χ4v) is 4.39. The van der Waals surface area contributed by atoms with Crippen molar-refractivity contribution in [1.29, 1.82) is 0 Å². The van der Waals surface area contributed by atoms with E-state index in [4.69, 9.17) is 21.1 Å². The van der Waals surface area contributed by atoms with Crippen molar-refractivity contribution >= 4 is 34.7 Å². The molecule has 1 aromatic heterocycles. The number of fused-ring (bicyclic) bond motifs is 1. The maximum absolute atomic E-state index is 13.7. The molecule has 1 atom stereocenters. The van der Waals surface area contributed by atoms with Gasteiger partial charge in [-0.2, -0.15) is 18.2 Å². The van der Waals surface area contributed by atoms with Crippen LogP contribution in [0.5, 0.6) is 17.4 Å². The lowest BCUT2D eigenvalue weighted by atomic mass is 10.1. The van der Waals surface area contributed by atoms with Gasteiger partial charge in [0.15, 0.2) is 5.82 Å². The predicted octanol–water partition coefficient (Wildman–Crippen LogP) is 4.80. The molecule has 2 aromatic carbocycles. The van der Waals surface area contributed by atoms with Crippen LogP contribution in [0.4, 0.5) is 30.4 Å². The Kier molecular flexibility index (Phi) is 7.17. The summed E-state index contributed by atoms with van der Waals surface area (Å²) in [5.41, 5.74) is -0.321. The van der Waals surface area contributed by atoms with Crippen molar-refractivity contribution in [2.24, 2.45) is 0 Å². The lowest BCUT2D eigenvalue weighted by molar-refractivity contribution is -0.137. The van der Waals surface area contributed by atoms with Crippen molar-refractivity contribution in [3.05, 3.63) is 58.9 Å². The summed E-state index contributed by atoms with van der Waals surface area (Å²) in [4.78, 5) is 23.1. The Morgan fingerprint density at radius 1 is 1.21 bits per heavy atom. The lowest BCUT2D eigenvalue weighted by Crippen LogP contribution is -2.49. The van der Waals surface area contributed by atoms with Crippen LogP contribution in [-0.4, -0.2) is 54.7 Å². The number of benzene rings is 2. The van der Waals surface area contributed by atoms with Gasteiger partial charge in [-0.05, 0) is 43.3 Å². The van der Waals surface area contributed by atoms with Gasteiger partial charge < -0.3 is 30.3 Å². The monoisotopic (exact) mass is 548 g/mol. The number of piperazine rings is 1. The Bertz CT molecular complexity index is 1360. The third-order valence-corrected chi connectivity index (χ3v) is 6.36. The van der Waals surface area contributed by atoms with Gasteiger partial charge in [0.1, 0.15) is 18.7 Å². The first-order valence-electron chi connectivity index (χ1n) is 11.9. The van der Waals surface area contributed by atoms with Crippen molar-refractivity contribution in [2.75, 3.05) is 48.3 Å². The first-order chi connectivity index (χ1) is 18.2. The zero-order valence-corrected chi connectivity index (χ0v) is 21.0. The summed E-state index contributed by atoms with van der Waals surface area (Å²) in [7, 11) is 0. The van der Waals surface area contributed by atoms with Gasteiger partial charge in [0, 0.05) is 42.6 Å². The van der Waals surface area contributed by atoms with E-state index in [9.17, 15) is 18.0 Å². The van der Waals surface area contributed by atoms with E-state index in [1.807, 2.05) is 11.8 Å². The number of nitrogens with zero attached hydrogens (tertiary/aromatic N) is 3. The largest absolute Gasteiger partial charge is 0.483 e. The van der Waals surface area contributed by atoms with Crippen LogP contribution >= 0.6 is 11.6 Å². The minimum absolute atomic E-state index is 0.0211. The number of anilines is 3. The highest BCUT2D eigenvalue weighted by Gasteiger charge is 2.32. The SMILES string of the molecule is C[C@H]1CN(c2cc(NC(=O)c3ccc(Cl)c(Oc4ncnc5c4OCCN5)c3)cc(C(F)(F)F)c2)CCN1. The zero-order chi connectivity index (χ0) is 26.9. The molecule has 0 unspecified atom stereocenters. The van der Waals surface area contributed by atoms with E-state index in [0.717, 1.165) is 12.1 Å². The summed E-state index contributed by atoms with van der Waals surface area (Å²) in [6.07, 6.45) is -3.28. The number of hydrogen-bond donors (Lipinski definition) is 3. The number of rotatable bonds is 5. The number of nitrogens with one attached hydrogen (secondary N) is 3. The topological polar surface area (TPSA) is 101 Å². The molecule has 0 bridgehead atoms. The van der Waals surface area contributed by atoms with Gasteiger partial charge in [0.05, 0.1) is 17.1 Å². The molecule has 5 rings (SSSR count). The lowest BCUT2D eigenvalue weighted by Gasteiger charge is -2.34. The van der Waals surface area contributed by atoms with Gasteiger partial charge in [-0.15, -0.1) is 0 Å². The second kappa shape index (κ2) is 10.5. The summed E-state index contributed by atoms with van der Waals surface area (Å²) in [5.74, 6) is 0.366. The molecule has 200 valence electrons. The Morgan fingerprint density at radius 3 is 2.84 bits per heavy atom. The molecule has 1 saturated heterocycles. The summed E-state index contributed by atoms with van der Waals surface area (Å²) >= 11 is 6.29. The quantitative estimate of drug-likeness (QED) is 0.418. The molecule has 38 heavy (non-hydrogen) atoms. The third kappa shape index (κ3) is 5.70. The molecule has 9 nitrogen and oxygen atoms in total. The van der Waals surface area contributed by atoms with E-state index in [-0.39, 0.29) is 33.9 Å². The fraction of sp³-hybridized carbons (Fsp3) is 0.320. The highest BCUT2D eigenvalue weighted by molar-refractivity contribution is 6.32. The summed E-state index contributed by atoms with van der Waals surface area (Å²) in [5, 5.41) is 9.11. The number of carbonyl (C=O) groups excluding carboxylic acids is 1. The van der Waals surface area contributed by atoms with Crippen LogP contribution in [0, 0.1) is 0 Å².